The Morgan fingerprint density at radius 3 is 1.07 bits per heavy atom. The average Bonchev–Trinajstić information content (AvgIpc) is 1.60. The van der Waals surface area contributed by atoms with Gasteiger partial charge in [0, 0.05) is 89.4 Å². The van der Waals surface area contributed by atoms with Gasteiger partial charge in [-0.2, -0.15) is 9.97 Å². The molecule has 20 rings (SSSR count). The first-order chi connectivity index (χ1) is 53.8. The Balaban J connectivity index is 0.000000150. The van der Waals surface area contributed by atoms with Crippen LogP contribution in [0.3, 0.4) is 0 Å². The molecule has 9 nitrogen and oxygen atoms in total. The second-order valence-electron chi connectivity index (χ2n) is 28.0. The molecular formula is C100H71N9. The van der Waals surface area contributed by atoms with Crippen molar-refractivity contribution in [1.82, 2.24) is 34.1 Å². The summed E-state index contributed by atoms with van der Waals surface area (Å²) in [7, 11) is 0. The number of anilines is 6. The monoisotopic (exact) mass is 1400 g/mol. The molecule has 0 unspecified atom stereocenters. The van der Waals surface area contributed by atoms with Crippen molar-refractivity contribution in [2.24, 2.45) is 0 Å². The molecule has 0 atom stereocenters. The smallest absolute Gasteiger partial charge is 0.238 e. The summed E-state index contributed by atoms with van der Waals surface area (Å²) in [6.45, 7) is 4.72. The molecule has 19 aromatic rings. The SMILES string of the molecule is CC1(C)c2cc(-c3ccc4c(c3)c3ccccc3n4-c3nc(-c4ccccc4)nc(-c4ccccc4)n3)ccc2-c2ccc(N(c3ccccc3)c3ccccc3)cc21.c1ccc(-c2cc(-n3c4ccccc4c4cc(-c5cccc(N(c6ccccc6)c6ccccc6)c5)ccc43)nc(-c3ccccc3)n2)cc1. The lowest BCUT2D eigenvalue weighted by Gasteiger charge is -2.28. The van der Waals surface area contributed by atoms with E-state index in [2.05, 4.69) is 342 Å². The van der Waals surface area contributed by atoms with E-state index in [0.29, 0.717) is 23.4 Å². The number of nitrogens with zero attached hydrogens (tertiary/aromatic N) is 9. The van der Waals surface area contributed by atoms with Gasteiger partial charge in [0.05, 0.1) is 27.8 Å². The highest BCUT2D eigenvalue weighted by Gasteiger charge is 2.37. The Morgan fingerprint density at radius 2 is 0.578 bits per heavy atom. The molecule has 1 aliphatic rings. The fourth-order valence-electron chi connectivity index (χ4n) is 15.8. The van der Waals surface area contributed by atoms with E-state index in [1.54, 1.807) is 0 Å². The molecule has 0 spiro atoms. The summed E-state index contributed by atoms with van der Waals surface area (Å²) in [6.07, 6.45) is 0. The Labute approximate surface area is 633 Å². The fourth-order valence-corrected chi connectivity index (χ4v) is 15.8. The summed E-state index contributed by atoms with van der Waals surface area (Å²) < 4.78 is 4.46. The van der Waals surface area contributed by atoms with Crippen LogP contribution in [0.4, 0.5) is 34.1 Å². The molecule has 0 N–H and O–H groups in total. The summed E-state index contributed by atoms with van der Waals surface area (Å²) in [5.74, 6) is 3.39. The number of hydrogen-bond acceptors (Lipinski definition) is 7. The molecule has 0 fully saturated rings. The molecule has 0 aliphatic heterocycles. The molecule has 0 radical (unpaired) electrons. The lowest BCUT2D eigenvalue weighted by Crippen LogP contribution is -2.16. The van der Waals surface area contributed by atoms with E-state index >= 15 is 0 Å². The quantitative estimate of drug-likeness (QED) is 0.107. The third-order valence-electron chi connectivity index (χ3n) is 21.0. The Hall–Kier alpha value is -14.4. The molecule has 1 aliphatic carbocycles. The standard InChI is InChI=1S/C54H39N5.C46H32N4/c1-54(2)47-34-39(27-30-43(47)44-31-29-42(35-48(44)54)58(40-21-11-5-12-22-40)41-23-13-6-14-24-41)38-28-32-50-46(33-38)45-25-15-16-26-49(45)59(50)53-56-51(36-17-7-3-8-18-36)55-52(57-53)37-19-9-4-10-20-37;1-5-16-33(17-6-1)42-32-45(48-46(47-42)34-18-7-2-8-19-34)50-43-27-14-13-26-40(43)41-31-36(28-29-44(41)50)35-20-15-25-39(30-35)49(37-21-9-3-10-22-37)38-23-11-4-12-24-38/h3-35H,1-2H3;1-32H. The molecule has 15 aromatic carbocycles. The average molecular weight is 1400 g/mol. The van der Waals surface area contributed by atoms with Gasteiger partial charge >= 0.3 is 0 Å². The van der Waals surface area contributed by atoms with Crippen molar-refractivity contribution >= 4 is 77.7 Å². The van der Waals surface area contributed by atoms with E-state index < -0.39 is 0 Å². The molecule has 109 heavy (non-hydrogen) atoms. The molecule has 4 aromatic heterocycles. The maximum Gasteiger partial charge on any atom is 0.238 e. The van der Waals surface area contributed by atoms with Gasteiger partial charge in [-0.05, 0) is 160 Å². The third-order valence-corrected chi connectivity index (χ3v) is 21.0. The van der Waals surface area contributed by atoms with Crippen molar-refractivity contribution < 1.29 is 0 Å². The lowest BCUT2D eigenvalue weighted by atomic mass is 9.81. The lowest BCUT2D eigenvalue weighted by molar-refractivity contribution is 0.660. The Bertz CT molecular complexity index is 6350. The highest BCUT2D eigenvalue weighted by atomic mass is 15.2. The van der Waals surface area contributed by atoms with Crippen LogP contribution in [0.15, 0.2) is 394 Å². The summed E-state index contributed by atoms with van der Waals surface area (Å²) in [5, 5.41) is 4.65. The van der Waals surface area contributed by atoms with Gasteiger partial charge in [-0.25, -0.2) is 15.0 Å². The zero-order valence-electron chi connectivity index (χ0n) is 60.1. The van der Waals surface area contributed by atoms with Gasteiger partial charge in [0.1, 0.15) is 5.82 Å². The second-order valence-corrected chi connectivity index (χ2v) is 28.0. The summed E-state index contributed by atoms with van der Waals surface area (Å²) in [6, 6.07) is 139. The van der Waals surface area contributed by atoms with Gasteiger partial charge in [0.15, 0.2) is 17.5 Å². The predicted octanol–water partition coefficient (Wildman–Crippen LogP) is 25.8. The first-order valence-corrected chi connectivity index (χ1v) is 37.0. The van der Waals surface area contributed by atoms with Crippen LogP contribution in [-0.2, 0) is 5.41 Å². The molecule has 0 saturated heterocycles. The maximum atomic E-state index is 5.19. The number of hydrogen-bond donors (Lipinski definition) is 0. The van der Waals surface area contributed by atoms with Crippen LogP contribution < -0.4 is 9.80 Å². The van der Waals surface area contributed by atoms with Gasteiger partial charge in [0.25, 0.3) is 0 Å². The van der Waals surface area contributed by atoms with Gasteiger partial charge < -0.3 is 9.80 Å². The first kappa shape index (κ1) is 65.4. The van der Waals surface area contributed by atoms with Crippen LogP contribution in [0.25, 0.3) is 134 Å². The maximum absolute atomic E-state index is 5.19. The number of benzene rings is 15. The molecule has 9 heteroatoms. The predicted molar refractivity (Wildman–Crippen MR) is 450 cm³/mol. The number of fused-ring (bicyclic) bond motifs is 9. The molecule has 0 bridgehead atoms. The van der Waals surface area contributed by atoms with Gasteiger partial charge in [0.2, 0.25) is 5.95 Å². The third kappa shape index (κ3) is 12.2. The van der Waals surface area contributed by atoms with Crippen LogP contribution in [-0.4, -0.2) is 34.1 Å². The van der Waals surface area contributed by atoms with Crippen molar-refractivity contribution in [3.05, 3.63) is 405 Å². The molecule has 0 saturated carbocycles. The van der Waals surface area contributed by atoms with Gasteiger partial charge in [-0.1, -0.05) is 287 Å². The van der Waals surface area contributed by atoms with Gasteiger partial charge in [-0.3, -0.25) is 9.13 Å². The van der Waals surface area contributed by atoms with E-state index in [1.165, 1.54) is 44.2 Å². The summed E-state index contributed by atoms with van der Waals surface area (Å²) in [4.78, 5) is 30.1. The van der Waals surface area contributed by atoms with Crippen LogP contribution in [0.2, 0.25) is 0 Å². The van der Waals surface area contributed by atoms with Crippen molar-refractivity contribution in [3.8, 4) is 90.6 Å². The van der Waals surface area contributed by atoms with Crippen molar-refractivity contribution in [2.75, 3.05) is 9.80 Å². The van der Waals surface area contributed by atoms with E-state index in [9.17, 15) is 0 Å². The van der Waals surface area contributed by atoms with E-state index in [4.69, 9.17) is 24.9 Å². The van der Waals surface area contributed by atoms with E-state index in [0.717, 1.165) is 112 Å². The topological polar surface area (TPSA) is 80.8 Å². The van der Waals surface area contributed by atoms with Crippen molar-refractivity contribution in [1.29, 1.82) is 0 Å². The van der Waals surface area contributed by atoms with E-state index in [-0.39, 0.29) is 5.41 Å². The highest BCUT2D eigenvalue weighted by Crippen LogP contribution is 2.52. The van der Waals surface area contributed by atoms with Crippen molar-refractivity contribution in [3.63, 3.8) is 0 Å². The first-order valence-electron chi connectivity index (χ1n) is 37.0. The highest BCUT2D eigenvalue weighted by molar-refractivity contribution is 6.12. The van der Waals surface area contributed by atoms with Crippen molar-refractivity contribution in [2.45, 2.75) is 19.3 Å². The minimum Gasteiger partial charge on any atom is -0.310 e. The number of rotatable bonds is 14. The minimum absolute atomic E-state index is 0.207. The fraction of sp³-hybridized carbons (Fsp3) is 0.0300. The molecular weight excluding hydrogens is 1330 g/mol. The summed E-state index contributed by atoms with van der Waals surface area (Å²) >= 11 is 0. The van der Waals surface area contributed by atoms with Crippen LogP contribution >= 0.6 is 0 Å². The van der Waals surface area contributed by atoms with Crippen LogP contribution in [0.5, 0.6) is 0 Å². The zero-order chi connectivity index (χ0) is 72.8. The molecule has 516 valence electrons. The Morgan fingerprint density at radius 1 is 0.229 bits per heavy atom. The van der Waals surface area contributed by atoms with Crippen LogP contribution in [0, 0.1) is 0 Å². The van der Waals surface area contributed by atoms with E-state index in [1.807, 2.05) is 84.9 Å². The number of para-hydroxylation sites is 6. The minimum atomic E-state index is -0.207. The largest absolute Gasteiger partial charge is 0.310 e. The van der Waals surface area contributed by atoms with Crippen LogP contribution in [0.1, 0.15) is 25.0 Å². The second kappa shape index (κ2) is 27.9. The summed E-state index contributed by atoms with van der Waals surface area (Å²) in [5.41, 5.74) is 25.6. The number of aromatic nitrogens is 7. The zero-order valence-corrected chi connectivity index (χ0v) is 60.1. The van der Waals surface area contributed by atoms with Gasteiger partial charge in [-0.15, -0.1) is 0 Å². The molecule has 0 amide bonds. The normalized spacial score (nSPS) is 12.0. The molecule has 4 heterocycles. The Kier molecular flexibility index (Phi) is 16.7.